The van der Waals surface area contributed by atoms with Crippen LogP contribution in [0.4, 0.5) is 11.4 Å². The maximum Gasteiger partial charge on any atom is 0.251 e. The Labute approximate surface area is 302 Å². The average molecular weight is 721 g/mol. The molecule has 5 amide bonds. The van der Waals surface area contributed by atoms with Gasteiger partial charge in [-0.1, -0.05) is 36.4 Å². The molecule has 52 heavy (non-hydrogen) atoms. The van der Waals surface area contributed by atoms with Crippen molar-refractivity contribution in [3.63, 3.8) is 0 Å². The third-order valence-corrected chi connectivity index (χ3v) is 12.7. The van der Waals surface area contributed by atoms with E-state index in [0.29, 0.717) is 52.5 Å². The maximum absolute atomic E-state index is 15.6. The standard InChI is InChI=1S/C39H41N6O6P/c46-34(25-41-37(48)27-9-3-1-4-10-27)43-29-15-19-31(20-16-29)52(51,36-14-8-24-45(36)39(50)33-13-7-23-40-33)32-21-17-30(18-22-32)44-35(47)26-42-38(49)28-11-5-2-6-12-28/h1-6,9-12,15-22,33,36,40H,7-8,13-14,23-26H2,(H,41,48)(H,42,49)(H,43,46)(H,44,47)/t33-,36?/m0/s1. The smallest absolute Gasteiger partial charge is 0.251 e. The second-order valence-electron chi connectivity index (χ2n) is 12.7. The third kappa shape index (κ3) is 8.47. The highest BCUT2D eigenvalue weighted by Gasteiger charge is 2.46. The van der Waals surface area contributed by atoms with Gasteiger partial charge in [-0.15, -0.1) is 0 Å². The molecule has 0 spiro atoms. The van der Waals surface area contributed by atoms with Crippen LogP contribution in [0.2, 0.25) is 0 Å². The summed E-state index contributed by atoms with van der Waals surface area (Å²) in [5.41, 5.74) is 1.81. The molecule has 1 unspecified atom stereocenters. The van der Waals surface area contributed by atoms with Crippen LogP contribution in [0, 0.1) is 0 Å². The first-order valence-corrected chi connectivity index (χ1v) is 19.1. The van der Waals surface area contributed by atoms with E-state index in [2.05, 4.69) is 26.6 Å². The van der Waals surface area contributed by atoms with E-state index in [1.54, 1.807) is 114 Å². The highest BCUT2D eigenvalue weighted by Crippen LogP contribution is 2.54. The molecular formula is C39H41N6O6P. The average Bonchev–Trinajstić information content (AvgIpc) is 3.91. The Hall–Kier alpha value is -5.58. The minimum absolute atomic E-state index is 0.0527. The quantitative estimate of drug-likeness (QED) is 0.140. The number of hydrogen-bond donors (Lipinski definition) is 5. The van der Waals surface area contributed by atoms with Gasteiger partial charge < -0.3 is 36.0 Å². The Morgan fingerprint density at radius 2 is 1.12 bits per heavy atom. The number of hydrogen-bond acceptors (Lipinski definition) is 7. The zero-order valence-electron chi connectivity index (χ0n) is 28.5. The summed E-state index contributed by atoms with van der Waals surface area (Å²) in [7, 11) is -3.51. The van der Waals surface area contributed by atoms with Crippen LogP contribution in [0.3, 0.4) is 0 Å². The molecule has 13 heteroatoms. The van der Waals surface area contributed by atoms with Gasteiger partial charge in [0.05, 0.1) is 24.9 Å². The molecule has 2 saturated heterocycles. The van der Waals surface area contributed by atoms with E-state index in [-0.39, 0.29) is 36.9 Å². The predicted molar refractivity (Wildman–Crippen MR) is 200 cm³/mol. The van der Waals surface area contributed by atoms with E-state index in [0.717, 1.165) is 19.4 Å². The van der Waals surface area contributed by atoms with Gasteiger partial charge in [-0.2, -0.15) is 0 Å². The maximum atomic E-state index is 15.6. The van der Waals surface area contributed by atoms with Gasteiger partial charge >= 0.3 is 0 Å². The fourth-order valence-corrected chi connectivity index (χ4v) is 9.96. The van der Waals surface area contributed by atoms with E-state index < -0.39 is 24.7 Å². The zero-order valence-corrected chi connectivity index (χ0v) is 29.4. The van der Waals surface area contributed by atoms with Gasteiger partial charge in [-0.25, -0.2) is 0 Å². The first-order valence-electron chi connectivity index (χ1n) is 17.3. The molecule has 6 rings (SSSR count). The summed E-state index contributed by atoms with van der Waals surface area (Å²) in [6, 6.07) is 30.4. The SMILES string of the molecule is O=C(CNC(=O)c1ccccc1)Nc1ccc(P(=O)(c2ccc(NC(=O)CNC(=O)c3ccccc3)cc2)C2CCCN2C(=O)[C@@H]2CCCN2)cc1. The number of nitrogens with one attached hydrogen (secondary N) is 5. The van der Waals surface area contributed by atoms with Gasteiger partial charge in [0.15, 0.2) is 7.14 Å². The molecule has 2 fully saturated rings. The Morgan fingerprint density at radius 1 is 0.635 bits per heavy atom. The Bertz CT molecular complexity index is 1830. The lowest BCUT2D eigenvalue weighted by atomic mass is 10.2. The van der Waals surface area contributed by atoms with E-state index >= 15 is 4.57 Å². The summed E-state index contributed by atoms with van der Waals surface area (Å²) in [6.45, 7) is 0.797. The molecule has 0 radical (unpaired) electrons. The van der Waals surface area contributed by atoms with Crippen molar-refractivity contribution in [3.05, 3.63) is 120 Å². The summed E-state index contributed by atoms with van der Waals surface area (Å²) in [5.74, 6) is -2.21. The largest absolute Gasteiger partial charge is 0.343 e. The fourth-order valence-electron chi connectivity index (χ4n) is 6.62. The molecule has 268 valence electrons. The van der Waals surface area contributed by atoms with Gasteiger partial charge in [0.25, 0.3) is 11.8 Å². The molecule has 12 nitrogen and oxygen atoms in total. The molecular weight excluding hydrogens is 679 g/mol. The first kappa shape index (κ1) is 36.2. The van der Waals surface area contributed by atoms with Crippen LogP contribution < -0.4 is 37.2 Å². The third-order valence-electron chi connectivity index (χ3n) is 9.24. The number of carbonyl (C=O) groups excluding carboxylic acids is 5. The van der Waals surface area contributed by atoms with Crippen LogP contribution in [0.25, 0.3) is 0 Å². The lowest BCUT2D eigenvalue weighted by molar-refractivity contribution is -0.132. The summed E-state index contributed by atoms with van der Waals surface area (Å²) >= 11 is 0. The summed E-state index contributed by atoms with van der Waals surface area (Å²) in [4.78, 5) is 65.5. The number of nitrogens with zero attached hydrogens (tertiary/aromatic N) is 1. The van der Waals surface area contributed by atoms with Crippen molar-refractivity contribution in [2.75, 3.05) is 36.8 Å². The van der Waals surface area contributed by atoms with Gasteiger partial charge in [-0.3, -0.25) is 24.0 Å². The van der Waals surface area contributed by atoms with Gasteiger partial charge in [0.2, 0.25) is 17.7 Å². The molecule has 0 saturated carbocycles. The van der Waals surface area contributed by atoms with Crippen LogP contribution >= 0.6 is 7.14 Å². The van der Waals surface area contributed by atoms with Crippen molar-refractivity contribution >= 4 is 58.7 Å². The second kappa shape index (κ2) is 16.6. The molecule has 0 bridgehead atoms. The highest BCUT2D eigenvalue weighted by atomic mass is 31.2. The zero-order chi connectivity index (χ0) is 36.5. The molecule has 2 aliphatic heterocycles. The first-order chi connectivity index (χ1) is 25.2. The minimum Gasteiger partial charge on any atom is -0.343 e. The van der Waals surface area contributed by atoms with Crippen molar-refractivity contribution in [2.24, 2.45) is 0 Å². The Balaban J connectivity index is 1.18. The van der Waals surface area contributed by atoms with Gasteiger partial charge in [-0.05, 0) is 105 Å². The Morgan fingerprint density at radius 3 is 1.56 bits per heavy atom. The molecule has 0 aliphatic carbocycles. The van der Waals surface area contributed by atoms with Crippen molar-refractivity contribution < 1.29 is 28.5 Å². The summed E-state index contributed by atoms with van der Waals surface area (Å²) < 4.78 is 15.6. The van der Waals surface area contributed by atoms with Crippen LogP contribution in [0.15, 0.2) is 109 Å². The summed E-state index contributed by atoms with van der Waals surface area (Å²) in [6.07, 6.45) is 2.89. The summed E-state index contributed by atoms with van der Waals surface area (Å²) in [5, 5.41) is 15.1. The molecule has 0 aromatic heterocycles. The number of anilines is 2. The van der Waals surface area contributed by atoms with Crippen molar-refractivity contribution in [2.45, 2.75) is 37.5 Å². The van der Waals surface area contributed by atoms with Crippen molar-refractivity contribution in [1.29, 1.82) is 0 Å². The monoisotopic (exact) mass is 720 g/mol. The normalized spacial score (nSPS) is 16.9. The van der Waals surface area contributed by atoms with Crippen molar-refractivity contribution in [3.8, 4) is 0 Å². The predicted octanol–water partition coefficient (Wildman–Crippen LogP) is 3.44. The minimum atomic E-state index is -3.51. The highest BCUT2D eigenvalue weighted by molar-refractivity contribution is 7.79. The van der Waals surface area contributed by atoms with Crippen LogP contribution in [-0.4, -0.2) is 72.4 Å². The van der Waals surface area contributed by atoms with Crippen LogP contribution in [-0.2, 0) is 18.9 Å². The van der Waals surface area contributed by atoms with E-state index in [9.17, 15) is 24.0 Å². The lowest BCUT2D eigenvalue weighted by Crippen LogP contribution is -2.47. The number of likely N-dealkylation sites (tertiary alicyclic amines) is 1. The molecule has 4 aromatic rings. The molecule has 2 aliphatic rings. The molecule has 5 N–H and O–H groups in total. The second-order valence-corrected chi connectivity index (χ2v) is 15.7. The molecule has 2 heterocycles. The van der Waals surface area contributed by atoms with Crippen molar-refractivity contribution in [1.82, 2.24) is 20.9 Å². The number of carbonyl (C=O) groups is 5. The number of amides is 5. The lowest BCUT2D eigenvalue weighted by Gasteiger charge is -2.34. The Kier molecular flexibility index (Phi) is 11.6. The van der Waals surface area contributed by atoms with E-state index in [1.165, 1.54) is 0 Å². The molecule has 2 atom stereocenters. The number of rotatable bonds is 12. The fraction of sp³-hybridized carbons (Fsp3) is 0.256. The topological polar surface area (TPSA) is 166 Å². The van der Waals surface area contributed by atoms with E-state index in [4.69, 9.17) is 0 Å². The van der Waals surface area contributed by atoms with E-state index in [1.807, 2.05) is 0 Å². The molecule has 4 aromatic carbocycles. The van der Waals surface area contributed by atoms with Gasteiger partial charge in [0, 0.05) is 39.7 Å². The van der Waals surface area contributed by atoms with Gasteiger partial charge in [0.1, 0.15) is 0 Å². The van der Waals surface area contributed by atoms with Crippen LogP contribution in [0.1, 0.15) is 46.4 Å². The number of benzene rings is 4. The van der Waals surface area contributed by atoms with Crippen LogP contribution in [0.5, 0.6) is 0 Å².